The molecule has 0 saturated carbocycles. The van der Waals surface area contributed by atoms with Gasteiger partial charge >= 0.3 is 0 Å². The fourth-order valence-electron chi connectivity index (χ4n) is 1.70. The zero-order chi connectivity index (χ0) is 12.4. The van der Waals surface area contributed by atoms with Gasteiger partial charge in [-0.25, -0.2) is 9.79 Å². The van der Waals surface area contributed by atoms with Gasteiger partial charge in [0.1, 0.15) is 5.76 Å². The summed E-state index contributed by atoms with van der Waals surface area (Å²) >= 11 is 3.48. The number of nitrogens with zero attached hydrogens (tertiary/aromatic N) is 1. The highest BCUT2D eigenvalue weighted by Gasteiger charge is 2.14. The van der Waals surface area contributed by atoms with E-state index in [1.54, 1.807) is 13.2 Å². The Hall–Kier alpha value is -1.58. The predicted molar refractivity (Wildman–Crippen MR) is 67.0 cm³/mol. The van der Waals surface area contributed by atoms with Gasteiger partial charge in [0.2, 0.25) is 6.08 Å². The van der Waals surface area contributed by atoms with E-state index in [-0.39, 0.29) is 6.54 Å². The van der Waals surface area contributed by atoms with Gasteiger partial charge in [-0.3, -0.25) is 0 Å². The Morgan fingerprint density at radius 2 is 2.29 bits per heavy atom. The molecular formula is C12H10BrNO3. The number of ether oxygens (including phenoxy) is 1. The van der Waals surface area contributed by atoms with Crippen LogP contribution in [0, 0.1) is 6.92 Å². The van der Waals surface area contributed by atoms with Crippen LogP contribution in [0.1, 0.15) is 11.3 Å². The van der Waals surface area contributed by atoms with E-state index in [0.29, 0.717) is 11.3 Å². The van der Waals surface area contributed by atoms with Crippen LogP contribution >= 0.6 is 15.9 Å². The SMILES string of the molecule is COc1cc(CN=C=O)c(Br)c2cc(C)oc12. The van der Waals surface area contributed by atoms with Crippen molar-refractivity contribution >= 4 is 33.0 Å². The lowest BCUT2D eigenvalue weighted by Crippen LogP contribution is -1.89. The lowest BCUT2D eigenvalue weighted by Gasteiger charge is -2.06. The number of aliphatic imine (C=N–C) groups is 1. The number of isocyanates is 1. The number of aryl methyl sites for hydroxylation is 1. The maximum atomic E-state index is 10.2. The standard InChI is InChI=1S/C12H10BrNO3/c1-7-3-9-11(13)8(5-14-6-15)4-10(16-2)12(9)17-7/h3-4H,5H2,1-2H3. The first kappa shape index (κ1) is 11.9. The van der Waals surface area contributed by atoms with Gasteiger partial charge in [0.25, 0.3) is 0 Å². The minimum Gasteiger partial charge on any atom is -0.493 e. The van der Waals surface area contributed by atoms with Crippen LogP contribution in [0.4, 0.5) is 0 Å². The number of methoxy groups -OCH3 is 1. The molecule has 17 heavy (non-hydrogen) atoms. The van der Waals surface area contributed by atoms with Crippen LogP contribution in [0.2, 0.25) is 0 Å². The van der Waals surface area contributed by atoms with E-state index in [2.05, 4.69) is 20.9 Å². The number of halogens is 1. The van der Waals surface area contributed by atoms with Crippen LogP contribution in [0.3, 0.4) is 0 Å². The van der Waals surface area contributed by atoms with Gasteiger partial charge in [-0.05, 0) is 40.5 Å². The molecule has 4 nitrogen and oxygen atoms in total. The molecule has 0 aliphatic rings. The average molecular weight is 296 g/mol. The lowest BCUT2D eigenvalue weighted by molar-refractivity contribution is 0.408. The first-order chi connectivity index (χ1) is 8.17. The first-order valence-electron chi connectivity index (χ1n) is 4.96. The molecule has 0 atom stereocenters. The fourth-order valence-corrected chi connectivity index (χ4v) is 2.24. The Kier molecular flexibility index (Phi) is 3.31. The van der Waals surface area contributed by atoms with Gasteiger partial charge in [0.05, 0.1) is 13.7 Å². The summed E-state index contributed by atoms with van der Waals surface area (Å²) in [5.74, 6) is 1.43. The molecule has 2 aromatic rings. The lowest BCUT2D eigenvalue weighted by atomic mass is 10.1. The molecule has 1 aromatic carbocycles. The molecule has 5 heteroatoms. The average Bonchev–Trinajstić information content (AvgIpc) is 2.71. The highest BCUT2D eigenvalue weighted by molar-refractivity contribution is 9.10. The normalized spacial score (nSPS) is 10.3. The maximum Gasteiger partial charge on any atom is 0.235 e. The van der Waals surface area contributed by atoms with E-state index < -0.39 is 0 Å². The molecule has 88 valence electrons. The summed E-state index contributed by atoms with van der Waals surface area (Å²) in [5, 5.41) is 0.915. The quantitative estimate of drug-likeness (QED) is 0.644. The zero-order valence-corrected chi connectivity index (χ0v) is 11.0. The summed E-state index contributed by atoms with van der Waals surface area (Å²) in [6.45, 7) is 2.13. The third-order valence-corrected chi connectivity index (χ3v) is 3.37. The summed E-state index contributed by atoms with van der Waals surface area (Å²) in [4.78, 5) is 13.7. The minimum atomic E-state index is 0.264. The van der Waals surface area contributed by atoms with Crippen LogP contribution in [0.15, 0.2) is 26.0 Å². The Morgan fingerprint density at radius 1 is 1.53 bits per heavy atom. The molecule has 0 N–H and O–H groups in total. The third kappa shape index (κ3) is 2.12. The third-order valence-electron chi connectivity index (χ3n) is 2.44. The molecule has 2 rings (SSSR count). The Balaban J connectivity index is 2.69. The van der Waals surface area contributed by atoms with Crippen molar-refractivity contribution in [3.63, 3.8) is 0 Å². The zero-order valence-electron chi connectivity index (χ0n) is 9.41. The highest BCUT2D eigenvalue weighted by Crippen LogP contribution is 2.37. The van der Waals surface area contributed by atoms with Crippen LogP contribution in [0.25, 0.3) is 11.0 Å². The van der Waals surface area contributed by atoms with Gasteiger partial charge in [-0.2, -0.15) is 0 Å². The molecule has 0 aliphatic carbocycles. The molecule has 1 aromatic heterocycles. The summed E-state index contributed by atoms with van der Waals surface area (Å²) in [6.07, 6.45) is 1.52. The summed E-state index contributed by atoms with van der Waals surface area (Å²) < 4.78 is 11.7. The molecular weight excluding hydrogens is 286 g/mol. The monoisotopic (exact) mass is 295 g/mol. The molecule has 0 unspecified atom stereocenters. The van der Waals surface area contributed by atoms with Gasteiger partial charge in [-0.1, -0.05) is 0 Å². The van der Waals surface area contributed by atoms with E-state index in [4.69, 9.17) is 9.15 Å². The van der Waals surface area contributed by atoms with E-state index in [1.807, 2.05) is 13.0 Å². The van der Waals surface area contributed by atoms with Crippen molar-refractivity contribution in [2.45, 2.75) is 13.5 Å². The number of carbonyl (C=O) groups excluding carboxylic acids is 1. The molecule has 0 spiro atoms. The number of hydrogen-bond donors (Lipinski definition) is 0. The Morgan fingerprint density at radius 3 is 2.94 bits per heavy atom. The van der Waals surface area contributed by atoms with Crippen molar-refractivity contribution in [3.05, 3.63) is 27.9 Å². The fraction of sp³-hybridized carbons (Fsp3) is 0.250. The van der Waals surface area contributed by atoms with Gasteiger partial charge in [0, 0.05) is 9.86 Å². The summed E-state index contributed by atoms with van der Waals surface area (Å²) in [6, 6.07) is 3.71. The van der Waals surface area contributed by atoms with Crippen LogP contribution in [0.5, 0.6) is 5.75 Å². The second-order valence-electron chi connectivity index (χ2n) is 3.56. The largest absolute Gasteiger partial charge is 0.493 e. The van der Waals surface area contributed by atoms with Crippen molar-refractivity contribution in [1.82, 2.24) is 0 Å². The number of benzene rings is 1. The molecule has 0 fully saturated rings. The van der Waals surface area contributed by atoms with Crippen molar-refractivity contribution in [3.8, 4) is 5.75 Å². The van der Waals surface area contributed by atoms with Crippen LogP contribution in [-0.2, 0) is 11.3 Å². The molecule has 0 amide bonds. The minimum absolute atomic E-state index is 0.264. The van der Waals surface area contributed by atoms with Gasteiger partial charge in [0.15, 0.2) is 11.3 Å². The van der Waals surface area contributed by atoms with E-state index in [0.717, 1.165) is 21.2 Å². The predicted octanol–water partition coefficient (Wildman–Crippen LogP) is 3.35. The topological polar surface area (TPSA) is 51.8 Å². The second-order valence-corrected chi connectivity index (χ2v) is 4.35. The van der Waals surface area contributed by atoms with Crippen LogP contribution < -0.4 is 4.74 Å². The highest BCUT2D eigenvalue weighted by atomic mass is 79.9. The van der Waals surface area contributed by atoms with Gasteiger partial charge in [-0.15, -0.1) is 0 Å². The van der Waals surface area contributed by atoms with Crippen molar-refractivity contribution < 1.29 is 13.9 Å². The maximum absolute atomic E-state index is 10.2. The van der Waals surface area contributed by atoms with Crippen molar-refractivity contribution in [1.29, 1.82) is 0 Å². The summed E-state index contributed by atoms with van der Waals surface area (Å²) in [7, 11) is 1.58. The smallest absolute Gasteiger partial charge is 0.235 e. The van der Waals surface area contributed by atoms with E-state index in [1.165, 1.54) is 6.08 Å². The number of fused-ring (bicyclic) bond motifs is 1. The molecule has 0 radical (unpaired) electrons. The molecule has 1 heterocycles. The summed E-state index contributed by atoms with van der Waals surface area (Å²) in [5.41, 5.74) is 1.55. The van der Waals surface area contributed by atoms with Crippen molar-refractivity contribution in [2.75, 3.05) is 7.11 Å². The van der Waals surface area contributed by atoms with E-state index >= 15 is 0 Å². The molecule has 0 aliphatic heterocycles. The van der Waals surface area contributed by atoms with Gasteiger partial charge < -0.3 is 9.15 Å². The van der Waals surface area contributed by atoms with Crippen LogP contribution in [-0.4, -0.2) is 13.2 Å². The molecule has 0 bridgehead atoms. The molecule has 0 saturated heterocycles. The number of rotatable bonds is 3. The number of furan rings is 1. The Labute approximate surface area is 106 Å². The number of hydrogen-bond acceptors (Lipinski definition) is 4. The van der Waals surface area contributed by atoms with E-state index in [9.17, 15) is 4.79 Å². The second kappa shape index (κ2) is 4.73. The Bertz CT molecular complexity index is 612. The first-order valence-corrected chi connectivity index (χ1v) is 5.75. The van der Waals surface area contributed by atoms with Crippen molar-refractivity contribution in [2.24, 2.45) is 4.99 Å².